The van der Waals surface area contributed by atoms with E-state index in [1.807, 2.05) is 0 Å². The van der Waals surface area contributed by atoms with Crippen LogP contribution in [0, 0.1) is 6.92 Å². The van der Waals surface area contributed by atoms with Crippen molar-refractivity contribution in [1.82, 2.24) is 14.6 Å². The molecule has 1 aliphatic heterocycles. The fourth-order valence-electron chi connectivity index (χ4n) is 2.82. The maximum atomic E-state index is 13.0. The van der Waals surface area contributed by atoms with Crippen molar-refractivity contribution in [3.8, 4) is 5.75 Å². The Morgan fingerprint density at radius 1 is 1.34 bits per heavy atom. The predicted molar refractivity (Wildman–Crippen MR) is 106 cm³/mol. The molecule has 0 bridgehead atoms. The number of benzene rings is 1. The summed E-state index contributed by atoms with van der Waals surface area (Å²) in [6, 6.07) is 8.24. The molecule has 2 aromatic rings. The number of ether oxygens (including phenoxy) is 1. The van der Waals surface area contributed by atoms with Gasteiger partial charge in [0.15, 0.2) is 6.10 Å². The summed E-state index contributed by atoms with van der Waals surface area (Å²) in [6.07, 6.45) is 0.887. The SMILES string of the molecule is Cc1cc2c(cc1S(=O)(=O)N(C)CC(=O)NCc1ccccn1)OC(C)C(=O)N2. The van der Waals surface area contributed by atoms with Crippen molar-refractivity contribution in [2.24, 2.45) is 0 Å². The number of nitrogens with one attached hydrogen (secondary N) is 2. The first-order valence-corrected chi connectivity index (χ1v) is 10.4. The number of fused-ring (bicyclic) bond motifs is 1. The molecule has 29 heavy (non-hydrogen) atoms. The van der Waals surface area contributed by atoms with Crippen LogP contribution in [0.15, 0.2) is 41.4 Å². The van der Waals surface area contributed by atoms with Crippen molar-refractivity contribution in [3.63, 3.8) is 0 Å². The van der Waals surface area contributed by atoms with Crippen LogP contribution in [0.3, 0.4) is 0 Å². The van der Waals surface area contributed by atoms with E-state index in [1.54, 1.807) is 44.3 Å². The normalized spacial score (nSPS) is 16.0. The van der Waals surface area contributed by atoms with E-state index in [1.165, 1.54) is 13.1 Å². The Kier molecular flexibility index (Phi) is 5.85. The van der Waals surface area contributed by atoms with Gasteiger partial charge in [-0.25, -0.2) is 8.42 Å². The van der Waals surface area contributed by atoms with Crippen LogP contribution >= 0.6 is 0 Å². The Balaban J connectivity index is 1.73. The van der Waals surface area contributed by atoms with E-state index in [-0.39, 0.29) is 29.6 Å². The zero-order valence-electron chi connectivity index (χ0n) is 16.3. The van der Waals surface area contributed by atoms with E-state index >= 15 is 0 Å². The van der Waals surface area contributed by atoms with Crippen LogP contribution < -0.4 is 15.4 Å². The minimum absolute atomic E-state index is 0.0135. The van der Waals surface area contributed by atoms with Gasteiger partial charge in [-0.3, -0.25) is 14.6 Å². The third-order valence-corrected chi connectivity index (χ3v) is 6.40. The predicted octanol–water partition coefficient (Wildman–Crippen LogP) is 1.05. The number of pyridine rings is 1. The van der Waals surface area contributed by atoms with Crippen LogP contribution in [0.1, 0.15) is 18.2 Å². The van der Waals surface area contributed by atoms with E-state index in [9.17, 15) is 18.0 Å². The van der Waals surface area contributed by atoms with Crippen molar-refractivity contribution in [2.45, 2.75) is 31.4 Å². The van der Waals surface area contributed by atoms with E-state index in [0.29, 0.717) is 16.9 Å². The standard InChI is InChI=1S/C19H22N4O5S/c1-12-8-15-16(28-13(2)19(25)22-15)9-17(12)29(26,27)23(3)11-18(24)21-10-14-6-4-5-7-20-14/h4-9,13H,10-11H2,1-3H3,(H,21,24)(H,22,25). The fraction of sp³-hybridized carbons (Fsp3) is 0.316. The number of likely N-dealkylation sites (N-methyl/N-ethyl adjacent to an activating group) is 1. The Morgan fingerprint density at radius 3 is 2.79 bits per heavy atom. The second-order valence-electron chi connectivity index (χ2n) is 6.72. The molecule has 2 heterocycles. The van der Waals surface area contributed by atoms with Crippen LogP contribution in [0.4, 0.5) is 5.69 Å². The van der Waals surface area contributed by atoms with Crippen molar-refractivity contribution in [2.75, 3.05) is 18.9 Å². The molecule has 1 unspecified atom stereocenters. The van der Waals surface area contributed by atoms with Crippen LogP contribution in [-0.2, 0) is 26.2 Å². The minimum atomic E-state index is -3.95. The lowest BCUT2D eigenvalue weighted by Gasteiger charge is -2.25. The maximum absolute atomic E-state index is 13.0. The summed E-state index contributed by atoms with van der Waals surface area (Å²) in [4.78, 5) is 28.0. The lowest BCUT2D eigenvalue weighted by molar-refractivity contribution is -0.123. The topological polar surface area (TPSA) is 118 Å². The second-order valence-corrected chi connectivity index (χ2v) is 8.74. The molecule has 3 rings (SSSR count). The first kappa shape index (κ1) is 20.7. The van der Waals surface area contributed by atoms with Gasteiger partial charge in [0.1, 0.15) is 5.75 Å². The smallest absolute Gasteiger partial charge is 0.265 e. The molecule has 1 aliphatic rings. The van der Waals surface area contributed by atoms with Gasteiger partial charge in [0.25, 0.3) is 5.91 Å². The number of carbonyl (C=O) groups excluding carboxylic acids is 2. The number of carbonyl (C=O) groups is 2. The van der Waals surface area contributed by atoms with Gasteiger partial charge < -0.3 is 15.4 Å². The van der Waals surface area contributed by atoms with Gasteiger partial charge in [-0.15, -0.1) is 0 Å². The number of aromatic nitrogens is 1. The van der Waals surface area contributed by atoms with Crippen LogP contribution in [0.5, 0.6) is 5.75 Å². The first-order valence-electron chi connectivity index (χ1n) is 8.93. The van der Waals surface area contributed by atoms with E-state index in [0.717, 1.165) is 4.31 Å². The summed E-state index contributed by atoms with van der Waals surface area (Å²) < 4.78 is 32.4. The number of amides is 2. The highest BCUT2D eigenvalue weighted by molar-refractivity contribution is 7.89. The maximum Gasteiger partial charge on any atom is 0.265 e. The number of hydrogen-bond acceptors (Lipinski definition) is 6. The van der Waals surface area contributed by atoms with Crippen molar-refractivity contribution in [3.05, 3.63) is 47.8 Å². The molecule has 2 N–H and O–H groups in total. The molecule has 0 fully saturated rings. The molecule has 1 aromatic carbocycles. The van der Waals surface area contributed by atoms with E-state index in [2.05, 4.69) is 15.6 Å². The monoisotopic (exact) mass is 418 g/mol. The summed E-state index contributed by atoms with van der Waals surface area (Å²) in [6.45, 7) is 3.05. The molecule has 1 atom stereocenters. The number of anilines is 1. The van der Waals surface area contributed by atoms with Gasteiger partial charge in [0.05, 0.1) is 29.4 Å². The highest BCUT2D eigenvalue weighted by Gasteiger charge is 2.30. The molecule has 0 radical (unpaired) electrons. The zero-order valence-corrected chi connectivity index (χ0v) is 17.1. The number of nitrogens with zero attached hydrogens (tertiary/aromatic N) is 2. The van der Waals surface area contributed by atoms with Crippen LogP contribution in [-0.4, -0.2) is 49.2 Å². The number of rotatable bonds is 6. The van der Waals surface area contributed by atoms with Gasteiger partial charge in [-0.05, 0) is 37.6 Å². The lowest BCUT2D eigenvalue weighted by Crippen LogP contribution is -2.38. The van der Waals surface area contributed by atoms with Gasteiger partial charge in [-0.2, -0.15) is 4.31 Å². The van der Waals surface area contributed by atoms with E-state index in [4.69, 9.17) is 4.74 Å². The third kappa shape index (κ3) is 4.54. The van der Waals surface area contributed by atoms with E-state index < -0.39 is 22.0 Å². The molecular formula is C19H22N4O5S. The average Bonchev–Trinajstić information content (AvgIpc) is 2.68. The largest absolute Gasteiger partial charge is 0.479 e. The quantitative estimate of drug-likeness (QED) is 0.724. The summed E-state index contributed by atoms with van der Waals surface area (Å²) in [5, 5.41) is 5.33. The molecule has 1 aromatic heterocycles. The molecule has 0 aliphatic carbocycles. The molecule has 0 saturated heterocycles. The minimum Gasteiger partial charge on any atom is -0.479 e. The number of hydrogen-bond donors (Lipinski definition) is 2. The van der Waals surface area contributed by atoms with Crippen molar-refractivity contribution >= 4 is 27.5 Å². The summed E-state index contributed by atoms with van der Waals surface area (Å²) in [5.74, 6) is -0.474. The van der Waals surface area contributed by atoms with Crippen molar-refractivity contribution < 1.29 is 22.7 Å². The highest BCUT2D eigenvalue weighted by atomic mass is 32.2. The molecular weight excluding hydrogens is 396 g/mol. The number of sulfonamides is 1. The average molecular weight is 418 g/mol. The summed E-state index contributed by atoms with van der Waals surface area (Å²) in [5.41, 5.74) is 1.52. The van der Waals surface area contributed by atoms with Crippen molar-refractivity contribution in [1.29, 1.82) is 0 Å². The fourth-order valence-corrected chi connectivity index (χ4v) is 4.17. The number of aryl methyl sites for hydroxylation is 1. The Morgan fingerprint density at radius 2 is 2.10 bits per heavy atom. The summed E-state index contributed by atoms with van der Waals surface area (Å²) >= 11 is 0. The van der Waals surface area contributed by atoms with Gasteiger partial charge in [0.2, 0.25) is 15.9 Å². The van der Waals surface area contributed by atoms with Crippen LogP contribution in [0.2, 0.25) is 0 Å². The van der Waals surface area contributed by atoms with Crippen LogP contribution in [0.25, 0.3) is 0 Å². The second kappa shape index (κ2) is 8.18. The zero-order chi connectivity index (χ0) is 21.2. The lowest BCUT2D eigenvalue weighted by atomic mass is 10.1. The first-order chi connectivity index (χ1) is 13.7. The molecule has 0 saturated carbocycles. The Hall–Kier alpha value is -2.98. The molecule has 0 spiro atoms. The summed E-state index contributed by atoms with van der Waals surface area (Å²) in [7, 11) is -2.61. The Bertz CT molecular complexity index is 1040. The molecule has 9 nitrogen and oxygen atoms in total. The van der Waals surface area contributed by atoms with Gasteiger partial charge >= 0.3 is 0 Å². The highest BCUT2D eigenvalue weighted by Crippen LogP contribution is 2.35. The molecule has 154 valence electrons. The third-order valence-electron chi connectivity index (χ3n) is 4.46. The molecule has 10 heteroatoms. The molecule has 2 amide bonds. The van der Waals surface area contributed by atoms with Gasteiger partial charge in [-0.1, -0.05) is 6.07 Å². The Labute approximate surface area is 169 Å². The van der Waals surface area contributed by atoms with Gasteiger partial charge in [0, 0.05) is 19.3 Å².